The predicted octanol–water partition coefficient (Wildman–Crippen LogP) is 5.89. The van der Waals surface area contributed by atoms with Crippen LogP contribution in [0.5, 0.6) is 11.5 Å². The summed E-state index contributed by atoms with van der Waals surface area (Å²) >= 11 is 3.93. The van der Waals surface area contributed by atoms with Crippen LogP contribution in [0.2, 0.25) is 0 Å². The molecule has 3 heteroatoms. The Kier molecular flexibility index (Phi) is 6.88. The molecule has 0 N–H and O–H groups in total. The third-order valence-corrected chi connectivity index (χ3v) is 5.48. The van der Waals surface area contributed by atoms with Crippen molar-refractivity contribution in [2.24, 2.45) is 5.92 Å². The number of hydrogen-bond donors (Lipinski definition) is 0. The molecule has 1 aliphatic carbocycles. The molecule has 2 rings (SSSR count). The molecule has 1 aliphatic rings. The van der Waals surface area contributed by atoms with Gasteiger partial charge < -0.3 is 9.47 Å². The lowest BCUT2D eigenvalue weighted by Gasteiger charge is -2.22. The maximum Gasteiger partial charge on any atom is 0.161 e. The van der Waals surface area contributed by atoms with Crippen molar-refractivity contribution in [3.63, 3.8) is 0 Å². The van der Waals surface area contributed by atoms with Crippen molar-refractivity contribution in [3.05, 3.63) is 23.8 Å². The summed E-state index contributed by atoms with van der Waals surface area (Å²) in [6.07, 6.45) is 8.16. The van der Waals surface area contributed by atoms with Gasteiger partial charge in [-0.05, 0) is 50.3 Å². The molecule has 0 bridgehead atoms. The zero-order valence-corrected chi connectivity index (χ0v) is 14.8. The third kappa shape index (κ3) is 4.64. The molecule has 0 amide bonds. The molecule has 0 radical (unpaired) electrons. The highest BCUT2D eigenvalue weighted by molar-refractivity contribution is 9.09. The van der Waals surface area contributed by atoms with Crippen LogP contribution in [0.25, 0.3) is 0 Å². The molecule has 1 aromatic carbocycles. The monoisotopic (exact) mass is 354 g/mol. The van der Waals surface area contributed by atoms with Gasteiger partial charge in [-0.25, -0.2) is 0 Å². The Bertz CT molecular complexity index is 425. The third-order valence-electron chi connectivity index (χ3n) is 4.20. The average molecular weight is 355 g/mol. The summed E-state index contributed by atoms with van der Waals surface area (Å²) in [6, 6.07) is 6.38. The van der Waals surface area contributed by atoms with Crippen LogP contribution < -0.4 is 9.47 Å². The van der Waals surface area contributed by atoms with Crippen LogP contribution in [0.4, 0.5) is 0 Å². The maximum atomic E-state index is 5.75. The van der Waals surface area contributed by atoms with E-state index in [2.05, 4.69) is 34.1 Å². The van der Waals surface area contributed by atoms with Gasteiger partial charge in [0.25, 0.3) is 0 Å². The number of alkyl halides is 1. The molecule has 1 fully saturated rings. The number of hydrogen-bond acceptors (Lipinski definition) is 2. The second-order valence-corrected chi connectivity index (χ2v) is 6.71. The van der Waals surface area contributed by atoms with Crippen LogP contribution in [0.15, 0.2) is 18.2 Å². The van der Waals surface area contributed by atoms with E-state index in [1.807, 2.05) is 13.8 Å². The Morgan fingerprint density at radius 1 is 1.00 bits per heavy atom. The smallest absolute Gasteiger partial charge is 0.161 e. The molecule has 1 unspecified atom stereocenters. The Balaban J connectivity index is 2.15. The molecule has 0 saturated heterocycles. The normalized spacial score (nSPS) is 18.0. The van der Waals surface area contributed by atoms with Gasteiger partial charge in [-0.3, -0.25) is 0 Å². The summed E-state index contributed by atoms with van der Waals surface area (Å²) in [5.74, 6) is 2.46. The molecular formula is C18H27BrO2. The zero-order valence-electron chi connectivity index (χ0n) is 13.2. The Morgan fingerprint density at radius 2 is 1.62 bits per heavy atom. The topological polar surface area (TPSA) is 18.5 Å². The van der Waals surface area contributed by atoms with E-state index < -0.39 is 0 Å². The minimum absolute atomic E-state index is 0.422. The van der Waals surface area contributed by atoms with Gasteiger partial charge in [0, 0.05) is 4.83 Å². The molecule has 0 aliphatic heterocycles. The molecule has 0 spiro atoms. The van der Waals surface area contributed by atoms with E-state index in [9.17, 15) is 0 Å². The summed E-state index contributed by atoms with van der Waals surface area (Å²) in [7, 11) is 0. The SMILES string of the molecule is CCOc1ccc(C(Br)C2CCCCCC2)cc1OCC. The largest absolute Gasteiger partial charge is 0.490 e. The van der Waals surface area contributed by atoms with Gasteiger partial charge >= 0.3 is 0 Å². The van der Waals surface area contributed by atoms with Crippen LogP contribution >= 0.6 is 15.9 Å². The Labute approximate surface area is 137 Å². The molecule has 1 aromatic rings. The first-order valence-electron chi connectivity index (χ1n) is 8.29. The second kappa shape index (κ2) is 8.67. The first-order valence-corrected chi connectivity index (χ1v) is 9.21. The van der Waals surface area contributed by atoms with E-state index in [1.165, 1.54) is 44.1 Å². The highest BCUT2D eigenvalue weighted by atomic mass is 79.9. The van der Waals surface area contributed by atoms with E-state index in [1.54, 1.807) is 0 Å². The highest BCUT2D eigenvalue weighted by Crippen LogP contribution is 2.41. The molecule has 1 saturated carbocycles. The molecular weight excluding hydrogens is 328 g/mol. The lowest BCUT2D eigenvalue weighted by Crippen LogP contribution is -2.07. The summed E-state index contributed by atoms with van der Waals surface area (Å²) in [5, 5.41) is 0. The van der Waals surface area contributed by atoms with E-state index in [0.717, 1.165) is 17.4 Å². The second-order valence-electron chi connectivity index (χ2n) is 5.73. The fourth-order valence-corrected chi connectivity index (χ4v) is 3.93. The van der Waals surface area contributed by atoms with Crippen molar-refractivity contribution in [2.45, 2.75) is 57.2 Å². The van der Waals surface area contributed by atoms with Gasteiger partial charge in [-0.15, -0.1) is 0 Å². The molecule has 1 atom stereocenters. The predicted molar refractivity (Wildman–Crippen MR) is 91.6 cm³/mol. The van der Waals surface area contributed by atoms with Crippen LogP contribution in [0.3, 0.4) is 0 Å². The van der Waals surface area contributed by atoms with E-state index in [4.69, 9.17) is 9.47 Å². The van der Waals surface area contributed by atoms with Crippen LogP contribution in [-0.4, -0.2) is 13.2 Å². The van der Waals surface area contributed by atoms with Gasteiger partial charge in [-0.1, -0.05) is 47.7 Å². The van der Waals surface area contributed by atoms with Gasteiger partial charge in [-0.2, -0.15) is 0 Å². The maximum absolute atomic E-state index is 5.75. The fraction of sp³-hybridized carbons (Fsp3) is 0.667. The van der Waals surface area contributed by atoms with Crippen molar-refractivity contribution >= 4 is 15.9 Å². The number of ether oxygens (including phenoxy) is 2. The summed E-state index contributed by atoms with van der Waals surface area (Å²) in [4.78, 5) is 0.422. The van der Waals surface area contributed by atoms with Crippen molar-refractivity contribution in [1.82, 2.24) is 0 Å². The first-order chi connectivity index (χ1) is 10.3. The van der Waals surface area contributed by atoms with Gasteiger partial charge in [0.05, 0.1) is 13.2 Å². The van der Waals surface area contributed by atoms with Crippen molar-refractivity contribution in [1.29, 1.82) is 0 Å². The standard InChI is InChI=1S/C18H27BrO2/c1-3-20-16-12-11-15(13-17(16)21-4-2)18(19)14-9-7-5-6-8-10-14/h11-14,18H,3-10H2,1-2H3. The number of rotatable bonds is 6. The van der Waals surface area contributed by atoms with Crippen molar-refractivity contribution < 1.29 is 9.47 Å². The molecule has 21 heavy (non-hydrogen) atoms. The van der Waals surface area contributed by atoms with Gasteiger partial charge in [0.2, 0.25) is 0 Å². The lowest BCUT2D eigenvalue weighted by molar-refractivity contribution is 0.287. The highest BCUT2D eigenvalue weighted by Gasteiger charge is 2.23. The number of benzene rings is 1. The van der Waals surface area contributed by atoms with Crippen molar-refractivity contribution in [3.8, 4) is 11.5 Å². The average Bonchev–Trinajstić information content (AvgIpc) is 2.78. The van der Waals surface area contributed by atoms with Crippen LogP contribution in [0, 0.1) is 5.92 Å². The number of halogens is 1. The Hall–Kier alpha value is -0.700. The van der Waals surface area contributed by atoms with Gasteiger partial charge in [0.15, 0.2) is 11.5 Å². The molecule has 118 valence electrons. The molecule has 2 nitrogen and oxygen atoms in total. The van der Waals surface area contributed by atoms with E-state index in [0.29, 0.717) is 18.0 Å². The first kappa shape index (κ1) is 16.7. The van der Waals surface area contributed by atoms with E-state index >= 15 is 0 Å². The lowest BCUT2D eigenvalue weighted by atomic mass is 9.92. The summed E-state index contributed by atoms with van der Waals surface area (Å²) < 4.78 is 11.4. The Morgan fingerprint density at radius 3 is 2.24 bits per heavy atom. The van der Waals surface area contributed by atoms with Crippen LogP contribution in [-0.2, 0) is 0 Å². The quantitative estimate of drug-likeness (QED) is 0.468. The molecule has 0 aromatic heterocycles. The minimum atomic E-state index is 0.422. The summed E-state index contributed by atoms with van der Waals surface area (Å²) in [6.45, 7) is 5.35. The zero-order chi connectivity index (χ0) is 15.1. The minimum Gasteiger partial charge on any atom is -0.490 e. The van der Waals surface area contributed by atoms with Crippen molar-refractivity contribution in [2.75, 3.05) is 13.2 Å². The van der Waals surface area contributed by atoms with E-state index in [-0.39, 0.29) is 0 Å². The summed E-state index contributed by atoms with van der Waals surface area (Å²) in [5.41, 5.74) is 1.31. The van der Waals surface area contributed by atoms with Crippen LogP contribution in [0.1, 0.15) is 62.8 Å². The van der Waals surface area contributed by atoms with Gasteiger partial charge in [0.1, 0.15) is 0 Å². The fourth-order valence-electron chi connectivity index (χ4n) is 3.12. The molecule has 0 heterocycles.